The second-order valence-corrected chi connectivity index (χ2v) is 4.18. The molecule has 1 aromatic rings. The molecule has 0 saturated carbocycles. The quantitative estimate of drug-likeness (QED) is 0.837. The summed E-state index contributed by atoms with van der Waals surface area (Å²) in [6, 6.07) is 10.00. The number of nitrogens with two attached hydrogens (primary N) is 1. The van der Waals surface area contributed by atoms with Crippen LogP contribution in [0.2, 0.25) is 0 Å². The Bertz CT molecular complexity index is 365. The first-order valence-corrected chi connectivity index (χ1v) is 5.95. The van der Waals surface area contributed by atoms with Crippen molar-refractivity contribution >= 4 is 5.91 Å². The number of carbonyl (C=O) groups is 1. The zero-order chi connectivity index (χ0) is 12.1. The molecule has 1 saturated heterocycles. The van der Waals surface area contributed by atoms with E-state index in [0.717, 1.165) is 5.56 Å². The highest BCUT2D eigenvalue weighted by Crippen LogP contribution is 2.13. The molecule has 0 radical (unpaired) electrons. The first kappa shape index (κ1) is 12.1. The largest absolute Gasteiger partial charge is 0.366 e. The highest BCUT2D eigenvalue weighted by molar-refractivity contribution is 5.81. The van der Waals surface area contributed by atoms with Crippen LogP contribution in [0.3, 0.4) is 0 Å². The average Bonchev–Trinajstić information content (AvgIpc) is 2.36. The van der Waals surface area contributed by atoms with Crippen molar-refractivity contribution in [3.63, 3.8) is 0 Å². The summed E-state index contributed by atoms with van der Waals surface area (Å²) in [4.78, 5) is 13.9. The molecule has 1 aliphatic heterocycles. The summed E-state index contributed by atoms with van der Waals surface area (Å²) in [6.45, 7) is 2.40. The van der Waals surface area contributed by atoms with Gasteiger partial charge >= 0.3 is 0 Å². The topological polar surface area (TPSA) is 55.6 Å². The predicted molar refractivity (Wildman–Crippen MR) is 65.3 cm³/mol. The molecule has 0 aliphatic carbocycles. The van der Waals surface area contributed by atoms with Crippen molar-refractivity contribution in [3.05, 3.63) is 35.9 Å². The van der Waals surface area contributed by atoms with Crippen molar-refractivity contribution in [2.45, 2.75) is 19.1 Å². The fourth-order valence-corrected chi connectivity index (χ4v) is 2.01. The zero-order valence-corrected chi connectivity index (χ0v) is 9.84. The second kappa shape index (κ2) is 5.80. The molecule has 0 aromatic heterocycles. The van der Waals surface area contributed by atoms with Gasteiger partial charge in [-0.1, -0.05) is 30.3 Å². The first-order valence-electron chi connectivity index (χ1n) is 5.95. The summed E-state index contributed by atoms with van der Waals surface area (Å²) in [5.41, 5.74) is 6.62. The van der Waals surface area contributed by atoms with Gasteiger partial charge in [0.15, 0.2) is 0 Å². The van der Waals surface area contributed by atoms with Gasteiger partial charge in [-0.15, -0.1) is 0 Å². The van der Waals surface area contributed by atoms with Crippen LogP contribution in [0.4, 0.5) is 0 Å². The van der Waals surface area contributed by atoms with E-state index in [1.165, 1.54) is 0 Å². The lowest BCUT2D eigenvalue weighted by atomic mass is 10.1. The van der Waals surface area contributed by atoms with Crippen LogP contribution >= 0.6 is 0 Å². The van der Waals surface area contributed by atoms with Gasteiger partial charge in [0.25, 0.3) is 5.91 Å². The van der Waals surface area contributed by atoms with Crippen molar-refractivity contribution < 1.29 is 9.53 Å². The van der Waals surface area contributed by atoms with Gasteiger partial charge < -0.3 is 15.4 Å². The van der Waals surface area contributed by atoms with Gasteiger partial charge in [0.05, 0.1) is 6.61 Å². The van der Waals surface area contributed by atoms with E-state index in [2.05, 4.69) is 0 Å². The van der Waals surface area contributed by atoms with E-state index in [9.17, 15) is 4.79 Å². The molecule has 17 heavy (non-hydrogen) atoms. The van der Waals surface area contributed by atoms with Crippen molar-refractivity contribution in [2.75, 3.05) is 19.7 Å². The number of rotatable bonds is 4. The molecule has 1 heterocycles. The van der Waals surface area contributed by atoms with Crippen LogP contribution in [0.1, 0.15) is 12.0 Å². The molecule has 0 spiro atoms. The van der Waals surface area contributed by atoms with E-state index < -0.39 is 0 Å². The molecule has 1 aliphatic rings. The summed E-state index contributed by atoms with van der Waals surface area (Å²) in [5.74, 6) is 0.0607. The van der Waals surface area contributed by atoms with Crippen LogP contribution in [0.25, 0.3) is 0 Å². The van der Waals surface area contributed by atoms with Crippen LogP contribution in [-0.2, 0) is 16.1 Å². The first-order chi connectivity index (χ1) is 8.31. The van der Waals surface area contributed by atoms with E-state index >= 15 is 0 Å². The monoisotopic (exact) mass is 234 g/mol. The number of hydrogen-bond acceptors (Lipinski definition) is 3. The minimum atomic E-state index is -0.350. The Morgan fingerprint density at radius 1 is 1.35 bits per heavy atom. The zero-order valence-electron chi connectivity index (χ0n) is 9.84. The van der Waals surface area contributed by atoms with Crippen molar-refractivity contribution in [2.24, 2.45) is 5.73 Å². The van der Waals surface area contributed by atoms with Gasteiger partial charge in [0.2, 0.25) is 0 Å². The van der Waals surface area contributed by atoms with E-state index in [1.807, 2.05) is 35.2 Å². The predicted octanol–water partition coefficient (Wildman–Crippen LogP) is 0.763. The van der Waals surface area contributed by atoms with E-state index in [4.69, 9.17) is 10.5 Å². The average molecular weight is 234 g/mol. The molecule has 1 fully saturated rings. The number of morpholine rings is 1. The molecule has 1 unspecified atom stereocenters. The minimum absolute atomic E-state index is 0.0607. The van der Waals surface area contributed by atoms with E-state index in [0.29, 0.717) is 32.7 Å². The molecule has 1 atom stereocenters. The lowest BCUT2D eigenvalue weighted by Crippen LogP contribution is -2.47. The molecule has 4 heteroatoms. The van der Waals surface area contributed by atoms with Crippen LogP contribution in [0.15, 0.2) is 30.3 Å². The maximum Gasteiger partial charge on any atom is 0.252 e. The number of hydrogen-bond donors (Lipinski definition) is 1. The second-order valence-electron chi connectivity index (χ2n) is 4.18. The summed E-state index contributed by atoms with van der Waals surface area (Å²) in [6.07, 6.45) is 0.252. The molecule has 0 bridgehead atoms. The van der Waals surface area contributed by atoms with Gasteiger partial charge in [0.1, 0.15) is 6.10 Å². The highest BCUT2D eigenvalue weighted by Gasteiger charge is 2.28. The molecule has 92 valence electrons. The SMILES string of the molecule is NCCC1OCCN(Cc2ccccc2)C1=O. The third kappa shape index (κ3) is 3.05. The molecule has 4 nitrogen and oxygen atoms in total. The molecule has 2 N–H and O–H groups in total. The Balaban J connectivity index is 1.98. The van der Waals surface area contributed by atoms with Gasteiger partial charge in [0, 0.05) is 13.1 Å². The highest BCUT2D eigenvalue weighted by atomic mass is 16.5. The Morgan fingerprint density at radius 3 is 2.82 bits per heavy atom. The maximum absolute atomic E-state index is 12.1. The Kier molecular flexibility index (Phi) is 4.12. The fourth-order valence-electron chi connectivity index (χ4n) is 2.01. The standard InChI is InChI=1S/C13H18N2O2/c14-7-6-12-13(16)15(8-9-17-12)10-11-4-2-1-3-5-11/h1-5,12H,6-10,14H2. The van der Waals surface area contributed by atoms with Crippen LogP contribution in [0, 0.1) is 0 Å². The molecular formula is C13H18N2O2. The lowest BCUT2D eigenvalue weighted by Gasteiger charge is -2.32. The van der Waals surface area contributed by atoms with Gasteiger partial charge in [-0.3, -0.25) is 4.79 Å². The number of ether oxygens (including phenoxy) is 1. The van der Waals surface area contributed by atoms with Crippen LogP contribution < -0.4 is 5.73 Å². The van der Waals surface area contributed by atoms with E-state index in [-0.39, 0.29) is 12.0 Å². The number of amides is 1. The fraction of sp³-hybridized carbons (Fsp3) is 0.462. The molecule has 1 aromatic carbocycles. The van der Waals surface area contributed by atoms with Gasteiger partial charge in [-0.25, -0.2) is 0 Å². The minimum Gasteiger partial charge on any atom is -0.366 e. The summed E-state index contributed by atoms with van der Waals surface area (Å²) in [5, 5.41) is 0. The maximum atomic E-state index is 12.1. The van der Waals surface area contributed by atoms with Crippen molar-refractivity contribution in [1.82, 2.24) is 4.90 Å². The molecular weight excluding hydrogens is 216 g/mol. The third-order valence-electron chi connectivity index (χ3n) is 2.91. The summed E-state index contributed by atoms with van der Waals surface area (Å²) >= 11 is 0. The Labute approximate surface area is 101 Å². The molecule has 1 amide bonds. The number of carbonyl (C=O) groups excluding carboxylic acids is 1. The number of benzene rings is 1. The lowest BCUT2D eigenvalue weighted by molar-refractivity contribution is -0.153. The van der Waals surface area contributed by atoms with Crippen molar-refractivity contribution in [3.8, 4) is 0 Å². The third-order valence-corrected chi connectivity index (χ3v) is 2.91. The summed E-state index contributed by atoms with van der Waals surface area (Å²) in [7, 11) is 0. The van der Waals surface area contributed by atoms with Crippen molar-refractivity contribution in [1.29, 1.82) is 0 Å². The molecule has 2 rings (SSSR count). The van der Waals surface area contributed by atoms with Gasteiger partial charge in [-0.2, -0.15) is 0 Å². The Morgan fingerprint density at radius 2 is 2.12 bits per heavy atom. The Hall–Kier alpha value is -1.39. The van der Waals surface area contributed by atoms with Gasteiger partial charge in [-0.05, 0) is 18.5 Å². The summed E-state index contributed by atoms with van der Waals surface area (Å²) < 4.78 is 5.43. The van der Waals surface area contributed by atoms with Crippen LogP contribution in [0.5, 0.6) is 0 Å². The van der Waals surface area contributed by atoms with Crippen LogP contribution in [-0.4, -0.2) is 36.6 Å². The normalized spacial score (nSPS) is 20.6. The van der Waals surface area contributed by atoms with E-state index in [1.54, 1.807) is 0 Å². The smallest absolute Gasteiger partial charge is 0.252 e. The number of nitrogens with zero attached hydrogens (tertiary/aromatic N) is 1.